The third-order valence-corrected chi connectivity index (χ3v) is 3.24. The number of nitrogens with zero attached hydrogens (tertiary/aromatic N) is 1. The lowest BCUT2D eigenvalue weighted by Gasteiger charge is -2.07. The molecule has 0 aliphatic carbocycles. The fourth-order valence-corrected chi connectivity index (χ4v) is 2.00. The van der Waals surface area contributed by atoms with Crippen LogP contribution in [-0.4, -0.2) is 36.5 Å². The van der Waals surface area contributed by atoms with Crippen LogP contribution in [0.25, 0.3) is 0 Å². The molecule has 3 N–H and O–H groups in total. The Bertz CT molecular complexity index is 776. The monoisotopic (exact) mass is 318 g/mol. The predicted octanol–water partition coefficient (Wildman–Crippen LogP) is 0.721. The van der Waals surface area contributed by atoms with Gasteiger partial charge in [-0.25, -0.2) is 5.43 Å². The molecule has 0 saturated carbocycles. The van der Waals surface area contributed by atoms with Gasteiger partial charge < -0.3 is 14.6 Å². The molecule has 0 aliphatic heterocycles. The maximum absolute atomic E-state index is 11.8. The summed E-state index contributed by atoms with van der Waals surface area (Å²) in [5, 5.41) is 8.96. The van der Waals surface area contributed by atoms with Crippen LogP contribution in [0.2, 0.25) is 0 Å². The lowest BCUT2D eigenvalue weighted by atomic mass is 10.2. The SMILES string of the molecule is COc1ccc(/C=N\NC(=O)Cc2c(C)[nH][nH]c2=O)cc1OC. The molecule has 2 rings (SSSR count). The molecule has 0 unspecified atom stereocenters. The molecule has 0 atom stereocenters. The number of ether oxygens (including phenoxy) is 2. The minimum Gasteiger partial charge on any atom is -0.493 e. The number of hydrogen-bond donors (Lipinski definition) is 3. The van der Waals surface area contributed by atoms with E-state index in [1.54, 1.807) is 32.2 Å². The lowest BCUT2D eigenvalue weighted by molar-refractivity contribution is -0.120. The number of aryl methyl sites for hydroxylation is 1. The van der Waals surface area contributed by atoms with Gasteiger partial charge in [0.1, 0.15) is 0 Å². The normalized spacial score (nSPS) is 10.7. The first-order valence-electron chi connectivity index (χ1n) is 6.85. The molecule has 0 bridgehead atoms. The Morgan fingerprint density at radius 2 is 2.00 bits per heavy atom. The Hall–Kier alpha value is -3.03. The van der Waals surface area contributed by atoms with Gasteiger partial charge in [-0.15, -0.1) is 0 Å². The number of carbonyl (C=O) groups is 1. The van der Waals surface area contributed by atoms with E-state index >= 15 is 0 Å². The zero-order valence-corrected chi connectivity index (χ0v) is 13.1. The van der Waals surface area contributed by atoms with Crippen molar-refractivity contribution in [3.8, 4) is 11.5 Å². The number of aromatic nitrogens is 2. The highest BCUT2D eigenvalue weighted by molar-refractivity contribution is 5.84. The smallest absolute Gasteiger partial charge is 0.267 e. The molecule has 0 saturated heterocycles. The molecule has 1 amide bonds. The number of aromatic amines is 2. The van der Waals surface area contributed by atoms with E-state index in [1.807, 2.05) is 0 Å². The largest absolute Gasteiger partial charge is 0.493 e. The van der Waals surface area contributed by atoms with Gasteiger partial charge in [0.15, 0.2) is 11.5 Å². The molecule has 1 aromatic carbocycles. The minimum absolute atomic E-state index is 0.0477. The van der Waals surface area contributed by atoms with Crippen molar-refractivity contribution in [2.45, 2.75) is 13.3 Å². The first-order valence-corrected chi connectivity index (χ1v) is 6.85. The first-order chi connectivity index (χ1) is 11.0. The molecule has 23 heavy (non-hydrogen) atoms. The van der Waals surface area contributed by atoms with Crippen molar-refractivity contribution < 1.29 is 14.3 Å². The maximum atomic E-state index is 11.8. The summed E-state index contributed by atoms with van der Waals surface area (Å²) in [5.74, 6) is 0.794. The zero-order valence-electron chi connectivity index (χ0n) is 13.1. The summed E-state index contributed by atoms with van der Waals surface area (Å²) in [4.78, 5) is 23.3. The molecule has 8 heteroatoms. The number of benzene rings is 1. The van der Waals surface area contributed by atoms with E-state index in [0.29, 0.717) is 22.8 Å². The van der Waals surface area contributed by atoms with E-state index < -0.39 is 0 Å². The van der Waals surface area contributed by atoms with Gasteiger partial charge in [0, 0.05) is 11.3 Å². The van der Waals surface area contributed by atoms with E-state index in [0.717, 1.165) is 5.56 Å². The van der Waals surface area contributed by atoms with Crippen molar-refractivity contribution >= 4 is 12.1 Å². The van der Waals surface area contributed by atoms with Crippen molar-refractivity contribution in [2.24, 2.45) is 5.10 Å². The van der Waals surface area contributed by atoms with Crippen LogP contribution in [0.3, 0.4) is 0 Å². The molecular formula is C15H18N4O4. The summed E-state index contributed by atoms with van der Waals surface area (Å²) in [6.45, 7) is 1.72. The number of hydrogen-bond acceptors (Lipinski definition) is 5. The summed E-state index contributed by atoms with van der Waals surface area (Å²) in [6.07, 6.45) is 1.43. The molecule has 0 fully saturated rings. The van der Waals surface area contributed by atoms with Crippen LogP contribution in [0.4, 0.5) is 0 Å². The van der Waals surface area contributed by atoms with Gasteiger partial charge in [-0.3, -0.25) is 14.7 Å². The van der Waals surface area contributed by atoms with E-state index in [-0.39, 0.29) is 17.9 Å². The second-order valence-corrected chi connectivity index (χ2v) is 4.77. The van der Waals surface area contributed by atoms with Crippen LogP contribution in [-0.2, 0) is 11.2 Å². The Morgan fingerprint density at radius 3 is 2.61 bits per heavy atom. The van der Waals surface area contributed by atoms with Crippen LogP contribution in [0.15, 0.2) is 28.1 Å². The van der Waals surface area contributed by atoms with Crippen molar-refractivity contribution in [1.29, 1.82) is 0 Å². The summed E-state index contributed by atoms with van der Waals surface area (Å²) in [7, 11) is 3.09. The molecule has 0 spiro atoms. The van der Waals surface area contributed by atoms with Crippen LogP contribution >= 0.6 is 0 Å². The summed E-state index contributed by atoms with van der Waals surface area (Å²) >= 11 is 0. The fraction of sp³-hybridized carbons (Fsp3) is 0.267. The first kappa shape index (κ1) is 16.3. The average Bonchev–Trinajstić information content (AvgIpc) is 2.86. The standard InChI is InChI=1S/C15H18N4O4/c1-9-11(15(21)19-17-9)7-14(20)18-16-8-10-4-5-12(22-2)13(6-10)23-3/h4-6,8H,7H2,1-3H3,(H,18,20)(H2,17,19,21)/b16-8-. The Morgan fingerprint density at radius 1 is 1.26 bits per heavy atom. The summed E-state index contributed by atoms with van der Waals surface area (Å²) in [6, 6.07) is 5.25. The number of nitrogens with one attached hydrogen (secondary N) is 3. The van der Waals surface area contributed by atoms with E-state index in [1.165, 1.54) is 13.3 Å². The second kappa shape index (κ2) is 7.30. The molecule has 2 aromatic rings. The number of hydrazone groups is 1. The van der Waals surface area contributed by atoms with Gasteiger partial charge in [-0.05, 0) is 30.7 Å². The molecule has 1 heterocycles. The van der Waals surface area contributed by atoms with E-state index in [4.69, 9.17) is 9.47 Å². The molecule has 122 valence electrons. The third kappa shape index (κ3) is 4.00. The molecule has 8 nitrogen and oxygen atoms in total. The van der Waals surface area contributed by atoms with Crippen LogP contribution < -0.4 is 20.5 Å². The second-order valence-electron chi connectivity index (χ2n) is 4.77. The van der Waals surface area contributed by atoms with Crippen LogP contribution in [0.5, 0.6) is 11.5 Å². The van der Waals surface area contributed by atoms with Gasteiger partial charge in [-0.1, -0.05) is 0 Å². The van der Waals surface area contributed by atoms with Gasteiger partial charge in [-0.2, -0.15) is 5.10 Å². The average molecular weight is 318 g/mol. The number of carbonyl (C=O) groups excluding carboxylic acids is 1. The van der Waals surface area contributed by atoms with Gasteiger partial charge in [0.2, 0.25) is 5.91 Å². The van der Waals surface area contributed by atoms with E-state index in [9.17, 15) is 9.59 Å². The number of methoxy groups -OCH3 is 2. The number of H-pyrrole nitrogens is 2. The van der Waals surface area contributed by atoms with Gasteiger partial charge in [0.25, 0.3) is 5.56 Å². The molecule has 0 aliphatic rings. The van der Waals surface area contributed by atoms with E-state index in [2.05, 4.69) is 20.7 Å². The number of amides is 1. The van der Waals surface area contributed by atoms with Crippen molar-refractivity contribution in [2.75, 3.05) is 14.2 Å². The third-order valence-electron chi connectivity index (χ3n) is 3.24. The minimum atomic E-state index is -0.380. The number of rotatable bonds is 6. The Labute approximate surface area is 132 Å². The fourth-order valence-electron chi connectivity index (χ4n) is 2.00. The topological polar surface area (TPSA) is 109 Å². The highest BCUT2D eigenvalue weighted by atomic mass is 16.5. The van der Waals surface area contributed by atoms with Crippen molar-refractivity contribution in [3.63, 3.8) is 0 Å². The zero-order chi connectivity index (χ0) is 16.8. The molecule has 1 aromatic heterocycles. The molecule has 0 radical (unpaired) electrons. The Balaban J connectivity index is 1.99. The van der Waals surface area contributed by atoms with Crippen LogP contribution in [0, 0.1) is 6.92 Å². The summed E-state index contributed by atoms with van der Waals surface area (Å²) in [5.41, 5.74) is 3.84. The van der Waals surface area contributed by atoms with Crippen molar-refractivity contribution in [3.05, 3.63) is 45.4 Å². The predicted molar refractivity (Wildman–Crippen MR) is 85.1 cm³/mol. The quantitative estimate of drug-likeness (QED) is 0.538. The summed E-state index contributed by atoms with van der Waals surface area (Å²) < 4.78 is 10.3. The Kier molecular flexibility index (Phi) is 5.19. The van der Waals surface area contributed by atoms with Gasteiger partial charge >= 0.3 is 0 Å². The van der Waals surface area contributed by atoms with Crippen molar-refractivity contribution in [1.82, 2.24) is 15.6 Å². The molecular weight excluding hydrogens is 300 g/mol. The highest BCUT2D eigenvalue weighted by Crippen LogP contribution is 2.26. The van der Waals surface area contributed by atoms with Gasteiger partial charge in [0.05, 0.1) is 26.9 Å². The lowest BCUT2D eigenvalue weighted by Crippen LogP contribution is -2.23. The van der Waals surface area contributed by atoms with Crippen LogP contribution in [0.1, 0.15) is 16.8 Å². The highest BCUT2D eigenvalue weighted by Gasteiger charge is 2.10. The maximum Gasteiger partial charge on any atom is 0.267 e.